The maximum atomic E-state index is 12.6. The predicted molar refractivity (Wildman–Crippen MR) is 117 cm³/mol. The molecule has 0 unspecified atom stereocenters. The van der Waals surface area contributed by atoms with Crippen molar-refractivity contribution in [3.05, 3.63) is 54.2 Å². The number of carbonyl (C=O) groups excluding carboxylic acids is 1. The SMILES string of the molecule is CC[C@@H](C)C(=O)N1CCC2(CC1)Nc1cccnc1NC2=NCc1ccccc1. The molecule has 29 heavy (non-hydrogen) atoms. The zero-order valence-electron chi connectivity index (χ0n) is 17.2. The number of hydrogen-bond donors (Lipinski definition) is 2. The summed E-state index contributed by atoms with van der Waals surface area (Å²) >= 11 is 0. The number of carbonyl (C=O) groups is 1. The smallest absolute Gasteiger partial charge is 0.225 e. The Hall–Kier alpha value is -2.89. The van der Waals surface area contributed by atoms with Crippen LogP contribution in [0.5, 0.6) is 0 Å². The highest BCUT2D eigenvalue weighted by Crippen LogP contribution is 2.36. The highest BCUT2D eigenvalue weighted by molar-refractivity contribution is 6.08. The van der Waals surface area contributed by atoms with Gasteiger partial charge in [-0.2, -0.15) is 0 Å². The summed E-state index contributed by atoms with van der Waals surface area (Å²) in [6.45, 7) is 6.17. The molecule has 1 atom stereocenters. The van der Waals surface area contributed by atoms with Gasteiger partial charge in [0, 0.05) is 25.2 Å². The molecule has 3 heterocycles. The molecule has 6 heteroatoms. The quantitative estimate of drug-likeness (QED) is 0.829. The first-order chi connectivity index (χ1) is 14.1. The summed E-state index contributed by atoms with van der Waals surface area (Å²) in [6, 6.07) is 14.2. The number of pyridine rings is 1. The monoisotopic (exact) mass is 391 g/mol. The van der Waals surface area contributed by atoms with Crippen LogP contribution in [0.1, 0.15) is 38.7 Å². The van der Waals surface area contributed by atoms with Crippen LogP contribution in [0.4, 0.5) is 11.5 Å². The number of aromatic nitrogens is 1. The van der Waals surface area contributed by atoms with Crippen molar-refractivity contribution in [1.29, 1.82) is 0 Å². The number of amides is 1. The van der Waals surface area contributed by atoms with Crippen molar-refractivity contribution in [2.24, 2.45) is 10.9 Å². The van der Waals surface area contributed by atoms with E-state index >= 15 is 0 Å². The zero-order valence-corrected chi connectivity index (χ0v) is 17.2. The van der Waals surface area contributed by atoms with E-state index in [1.165, 1.54) is 5.56 Å². The second-order valence-corrected chi connectivity index (χ2v) is 8.02. The van der Waals surface area contributed by atoms with Gasteiger partial charge in [-0.1, -0.05) is 44.2 Å². The molecule has 0 bridgehead atoms. The van der Waals surface area contributed by atoms with E-state index in [0.29, 0.717) is 6.54 Å². The molecule has 1 amide bonds. The number of fused-ring (bicyclic) bond motifs is 1. The van der Waals surface area contributed by atoms with Gasteiger partial charge in [0.05, 0.1) is 17.8 Å². The van der Waals surface area contributed by atoms with Crippen molar-refractivity contribution < 1.29 is 4.79 Å². The van der Waals surface area contributed by atoms with Crippen LogP contribution in [-0.4, -0.2) is 40.3 Å². The molecule has 1 aromatic heterocycles. The van der Waals surface area contributed by atoms with E-state index in [4.69, 9.17) is 4.99 Å². The maximum Gasteiger partial charge on any atom is 0.225 e. The van der Waals surface area contributed by atoms with Crippen LogP contribution in [0.15, 0.2) is 53.7 Å². The van der Waals surface area contributed by atoms with E-state index < -0.39 is 0 Å². The molecule has 152 valence electrons. The first kappa shape index (κ1) is 19.4. The first-order valence-corrected chi connectivity index (χ1v) is 10.5. The largest absolute Gasteiger partial charge is 0.370 e. The Balaban J connectivity index is 1.58. The Morgan fingerprint density at radius 2 is 1.97 bits per heavy atom. The number of nitrogens with one attached hydrogen (secondary N) is 2. The third-order valence-electron chi connectivity index (χ3n) is 6.10. The van der Waals surface area contributed by atoms with E-state index in [0.717, 1.165) is 49.7 Å². The van der Waals surface area contributed by atoms with Crippen LogP contribution in [0.3, 0.4) is 0 Å². The lowest BCUT2D eigenvalue weighted by molar-refractivity contribution is -0.136. The van der Waals surface area contributed by atoms with Crippen molar-refractivity contribution in [3.8, 4) is 0 Å². The molecule has 2 aromatic rings. The Morgan fingerprint density at radius 1 is 1.21 bits per heavy atom. The topological polar surface area (TPSA) is 69.6 Å². The molecular weight excluding hydrogens is 362 g/mol. The summed E-state index contributed by atoms with van der Waals surface area (Å²) in [7, 11) is 0. The number of rotatable bonds is 4. The molecule has 2 aliphatic rings. The summed E-state index contributed by atoms with van der Waals surface area (Å²) in [6.07, 6.45) is 4.31. The van der Waals surface area contributed by atoms with Gasteiger partial charge >= 0.3 is 0 Å². The predicted octanol–water partition coefficient (Wildman–Crippen LogP) is 3.93. The van der Waals surface area contributed by atoms with E-state index in [9.17, 15) is 4.79 Å². The maximum absolute atomic E-state index is 12.6. The average molecular weight is 392 g/mol. The van der Waals surface area contributed by atoms with Crippen LogP contribution in [-0.2, 0) is 11.3 Å². The van der Waals surface area contributed by atoms with E-state index in [1.807, 2.05) is 42.2 Å². The minimum Gasteiger partial charge on any atom is -0.370 e. The van der Waals surface area contributed by atoms with Crippen LogP contribution >= 0.6 is 0 Å². The fraction of sp³-hybridized carbons (Fsp3) is 0.435. The fourth-order valence-electron chi connectivity index (χ4n) is 4.06. The highest BCUT2D eigenvalue weighted by Gasteiger charge is 2.43. The summed E-state index contributed by atoms with van der Waals surface area (Å²) in [4.78, 5) is 24.1. The second kappa shape index (κ2) is 8.23. The second-order valence-electron chi connectivity index (χ2n) is 8.02. The number of benzene rings is 1. The first-order valence-electron chi connectivity index (χ1n) is 10.5. The molecule has 2 N–H and O–H groups in total. The Labute approximate surface area is 172 Å². The van der Waals surface area contributed by atoms with Crippen molar-refractivity contribution in [2.75, 3.05) is 23.7 Å². The minimum atomic E-state index is -0.295. The number of anilines is 2. The number of piperidine rings is 1. The molecular formula is C23H29N5O. The molecule has 0 aliphatic carbocycles. The van der Waals surface area contributed by atoms with E-state index in [-0.39, 0.29) is 17.4 Å². The number of likely N-dealkylation sites (tertiary alicyclic amines) is 1. The van der Waals surface area contributed by atoms with Crippen molar-refractivity contribution in [3.63, 3.8) is 0 Å². The molecule has 0 radical (unpaired) electrons. The van der Waals surface area contributed by atoms with Crippen LogP contribution in [0.25, 0.3) is 0 Å². The van der Waals surface area contributed by atoms with Gasteiger partial charge in [-0.25, -0.2) is 4.98 Å². The highest BCUT2D eigenvalue weighted by atomic mass is 16.2. The van der Waals surface area contributed by atoms with E-state index in [2.05, 4.69) is 34.7 Å². The van der Waals surface area contributed by atoms with Crippen molar-refractivity contribution in [2.45, 2.75) is 45.2 Å². The average Bonchev–Trinajstić information content (AvgIpc) is 2.78. The normalized spacial score (nSPS) is 19.9. The van der Waals surface area contributed by atoms with Crippen molar-refractivity contribution >= 4 is 23.2 Å². The molecule has 4 rings (SSSR count). The molecule has 1 fully saturated rings. The molecule has 1 saturated heterocycles. The fourth-order valence-corrected chi connectivity index (χ4v) is 4.06. The lowest BCUT2D eigenvalue weighted by Gasteiger charge is -2.46. The molecule has 2 aliphatic heterocycles. The van der Waals surface area contributed by atoms with Gasteiger partial charge in [-0.05, 0) is 37.0 Å². The molecule has 6 nitrogen and oxygen atoms in total. The van der Waals surface area contributed by atoms with Gasteiger partial charge < -0.3 is 15.5 Å². The number of aliphatic imine (C=N–C) groups is 1. The third kappa shape index (κ3) is 3.97. The Morgan fingerprint density at radius 3 is 2.69 bits per heavy atom. The van der Waals surface area contributed by atoms with Crippen LogP contribution in [0, 0.1) is 5.92 Å². The van der Waals surface area contributed by atoms with Gasteiger partial charge in [0.1, 0.15) is 5.84 Å². The van der Waals surface area contributed by atoms with Crippen molar-refractivity contribution in [1.82, 2.24) is 9.88 Å². The standard InChI is InChI=1S/C23H29N5O/c1-3-17(2)21(29)28-14-11-23(12-15-28)22(25-16-18-8-5-4-6-9-18)26-20-19(27-23)10-7-13-24-20/h4-10,13,17,27H,3,11-12,14-16H2,1-2H3,(H,24,25,26)/t17-/m1/s1. The lowest BCUT2D eigenvalue weighted by atomic mass is 9.83. The Kier molecular flexibility index (Phi) is 5.51. The number of hydrogen-bond acceptors (Lipinski definition) is 4. The van der Waals surface area contributed by atoms with Gasteiger partial charge in [0.15, 0.2) is 5.82 Å². The van der Waals surface area contributed by atoms with E-state index in [1.54, 1.807) is 6.20 Å². The summed E-state index contributed by atoms with van der Waals surface area (Å²) in [5.41, 5.74) is 1.87. The van der Waals surface area contributed by atoms with Gasteiger partial charge in [-0.15, -0.1) is 0 Å². The summed E-state index contributed by atoms with van der Waals surface area (Å²) in [5.74, 6) is 2.07. The van der Waals surface area contributed by atoms with Gasteiger partial charge in [0.25, 0.3) is 0 Å². The Bertz CT molecular complexity index is 887. The number of nitrogens with zero attached hydrogens (tertiary/aromatic N) is 3. The summed E-state index contributed by atoms with van der Waals surface area (Å²) in [5, 5.41) is 7.19. The van der Waals surface area contributed by atoms with Crippen LogP contribution < -0.4 is 10.6 Å². The molecule has 1 spiro atoms. The minimum absolute atomic E-state index is 0.0811. The van der Waals surface area contributed by atoms with Gasteiger partial charge in [-0.3, -0.25) is 9.79 Å². The summed E-state index contributed by atoms with van der Waals surface area (Å²) < 4.78 is 0. The third-order valence-corrected chi connectivity index (χ3v) is 6.10. The zero-order chi connectivity index (χ0) is 20.3. The molecule has 1 aromatic carbocycles. The number of amidine groups is 1. The lowest BCUT2D eigenvalue weighted by Crippen LogP contribution is -2.59. The molecule has 0 saturated carbocycles. The van der Waals surface area contributed by atoms with Gasteiger partial charge in [0.2, 0.25) is 5.91 Å². The van der Waals surface area contributed by atoms with Crippen LogP contribution in [0.2, 0.25) is 0 Å².